The molecule has 148 valence electrons. The molecule has 3 amide bonds. The monoisotopic (exact) mass is 381 g/mol. The van der Waals surface area contributed by atoms with E-state index in [9.17, 15) is 9.59 Å². The van der Waals surface area contributed by atoms with Crippen molar-refractivity contribution in [3.8, 4) is 5.75 Å². The minimum atomic E-state index is -0.607. The number of carbonyl (C=O) groups excluding carboxylic acids is 2. The fourth-order valence-electron chi connectivity index (χ4n) is 3.18. The lowest BCUT2D eigenvalue weighted by Crippen LogP contribution is -2.42. The van der Waals surface area contributed by atoms with E-state index in [0.29, 0.717) is 30.3 Å². The van der Waals surface area contributed by atoms with Gasteiger partial charge in [0.15, 0.2) is 0 Å². The number of nitrogens with zero attached hydrogens (tertiary/aromatic N) is 1. The minimum Gasteiger partial charge on any atom is -0.490 e. The Morgan fingerprint density at radius 2 is 1.86 bits per heavy atom. The predicted molar refractivity (Wildman–Crippen MR) is 112 cm³/mol. The van der Waals surface area contributed by atoms with Crippen LogP contribution in [0.4, 0.5) is 21.9 Å². The normalized spacial score (nSPS) is 15.3. The Morgan fingerprint density at radius 3 is 2.54 bits per heavy atom. The summed E-state index contributed by atoms with van der Waals surface area (Å²) < 4.78 is 5.89. The summed E-state index contributed by atoms with van der Waals surface area (Å²) in [6, 6.07) is 12.6. The van der Waals surface area contributed by atoms with Gasteiger partial charge in [-0.25, -0.2) is 4.79 Å². The SMILES string of the molecule is CCCN1C(=O)C(C)(C)COc2ccc(NC(=O)Nc3cccc(C)c3)cc21. The summed E-state index contributed by atoms with van der Waals surface area (Å²) in [6.45, 7) is 8.69. The molecule has 0 saturated heterocycles. The Bertz CT molecular complexity index is 892. The minimum absolute atomic E-state index is 0.0227. The van der Waals surface area contributed by atoms with Gasteiger partial charge in [0.05, 0.1) is 11.1 Å². The van der Waals surface area contributed by atoms with Crippen LogP contribution < -0.4 is 20.3 Å². The molecule has 28 heavy (non-hydrogen) atoms. The molecule has 0 aliphatic carbocycles. The van der Waals surface area contributed by atoms with Crippen LogP contribution in [0.25, 0.3) is 0 Å². The van der Waals surface area contributed by atoms with Crippen LogP contribution in [-0.2, 0) is 4.79 Å². The quantitative estimate of drug-likeness (QED) is 0.799. The molecular formula is C22H27N3O3. The van der Waals surface area contributed by atoms with Gasteiger partial charge in [-0.3, -0.25) is 4.79 Å². The van der Waals surface area contributed by atoms with E-state index >= 15 is 0 Å². The zero-order valence-corrected chi connectivity index (χ0v) is 16.8. The Labute approximate surface area is 165 Å². The van der Waals surface area contributed by atoms with Crippen LogP contribution in [0.3, 0.4) is 0 Å². The molecule has 2 aromatic rings. The topological polar surface area (TPSA) is 70.7 Å². The van der Waals surface area contributed by atoms with E-state index in [-0.39, 0.29) is 11.9 Å². The maximum atomic E-state index is 13.0. The van der Waals surface area contributed by atoms with Crippen molar-refractivity contribution in [1.29, 1.82) is 0 Å². The van der Waals surface area contributed by atoms with Gasteiger partial charge in [-0.2, -0.15) is 0 Å². The molecule has 2 N–H and O–H groups in total. The van der Waals surface area contributed by atoms with Crippen molar-refractivity contribution in [3.05, 3.63) is 48.0 Å². The zero-order valence-electron chi connectivity index (χ0n) is 16.8. The van der Waals surface area contributed by atoms with E-state index in [1.165, 1.54) is 0 Å². The van der Waals surface area contributed by atoms with Crippen LogP contribution in [0.2, 0.25) is 0 Å². The van der Waals surface area contributed by atoms with Gasteiger partial charge in [0.25, 0.3) is 0 Å². The number of hydrogen-bond donors (Lipinski definition) is 2. The first-order valence-corrected chi connectivity index (χ1v) is 9.53. The average Bonchev–Trinajstić information content (AvgIpc) is 2.72. The number of amides is 3. The number of carbonyl (C=O) groups is 2. The molecule has 1 aliphatic rings. The summed E-state index contributed by atoms with van der Waals surface area (Å²) in [6.07, 6.45) is 0.826. The molecule has 1 aliphatic heterocycles. The lowest BCUT2D eigenvalue weighted by Gasteiger charge is -2.27. The van der Waals surface area contributed by atoms with E-state index in [4.69, 9.17) is 4.74 Å². The van der Waals surface area contributed by atoms with Crippen molar-refractivity contribution in [2.24, 2.45) is 5.41 Å². The number of aryl methyl sites for hydroxylation is 1. The van der Waals surface area contributed by atoms with E-state index in [1.54, 1.807) is 23.1 Å². The Kier molecular flexibility index (Phi) is 5.58. The maximum Gasteiger partial charge on any atom is 0.323 e. The van der Waals surface area contributed by atoms with Crippen LogP contribution in [0.15, 0.2) is 42.5 Å². The van der Waals surface area contributed by atoms with Gasteiger partial charge in [-0.15, -0.1) is 0 Å². The van der Waals surface area contributed by atoms with Gasteiger partial charge in [-0.05, 0) is 63.1 Å². The number of benzene rings is 2. The predicted octanol–water partition coefficient (Wildman–Crippen LogP) is 4.80. The first-order valence-electron chi connectivity index (χ1n) is 9.53. The zero-order chi connectivity index (χ0) is 20.3. The Balaban J connectivity index is 1.83. The molecule has 0 spiro atoms. The van der Waals surface area contributed by atoms with Crippen LogP contribution in [0, 0.1) is 12.3 Å². The van der Waals surface area contributed by atoms with E-state index in [1.807, 2.05) is 52.0 Å². The molecular weight excluding hydrogens is 354 g/mol. The number of fused-ring (bicyclic) bond motifs is 1. The van der Waals surface area contributed by atoms with Crippen molar-refractivity contribution in [3.63, 3.8) is 0 Å². The third-order valence-corrected chi connectivity index (χ3v) is 4.64. The molecule has 0 fully saturated rings. The molecule has 2 aromatic carbocycles. The lowest BCUT2D eigenvalue weighted by atomic mass is 9.93. The van der Waals surface area contributed by atoms with Gasteiger partial charge < -0.3 is 20.3 Å². The molecule has 1 heterocycles. The second-order valence-electron chi connectivity index (χ2n) is 7.76. The maximum absolute atomic E-state index is 13.0. The largest absolute Gasteiger partial charge is 0.490 e. The van der Waals surface area contributed by atoms with Crippen molar-refractivity contribution >= 4 is 29.0 Å². The van der Waals surface area contributed by atoms with Crippen LogP contribution >= 0.6 is 0 Å². The highest BCUT2D eigenvalue weighted by Crippen LogP contribution is 2.38. The van der Waals surface area contributed by atoms with E-state index < -0.39 is 5.41 Å². The highest BCUT2D eigenvalue weighted by atomic mass is 16.5. The van der Waals surface area contributed by atoms with Crippen LogP contribution in [0.5, 0.6) is 5.75 Å². The smallest absolute Gasteiger partial charge is 0.323 e. The van der Waals surface area contributed by atoms with Gasteiger partial charge >= 0.3 is 6.03 Å². The summed E-state index contributed by atoms with van der Waals surface area (Å²) in [5, 5.41) is 5.66. The molecule has 0 unspecified atom stereocenters. The molecule has 3 rings (SSSR count). The third-order valence-electron chi connectivity index (χ3n) is 4.64. The van der Waals surface area contributed by atoms with Crippen molar-refractivity contribution < 1.29 is 14.3 Å². The second kappa shape index (κ2) is 7.92. The number of ether oxygens (including phenoxy) is 1. The fourth-order valence-corrected chi connectivity index (χ4v) is 3.18. The molecule has 6 heteroatoms. The van der Waals surface area contributed by atoms with Gasteiger partial charge in [0, 0.05) is 17.9 Å². The standard InChI is InChI=1S/C22H27N3O3/c1-5-11-25-18-13-17(9-10-19(18)28-14-22(3,4)20(25)26)24-21(27)23-16-8-6-7-15(2)12-16/h6-10,12-13H,5,11,14H2,1-4H3,(H2,23,24,27). The number of hydrogen-bond acceptors (Lipinski definition) is 3. The average molecular weight is 381 g/mol. The highest BCUT2D eigenvalue weighted by Gasteiger charge is 2.37. The molecule has 0 atom stereocenters. The molecule has 6 nitrogen and oxygen atoms in total. The fraction of sp³-hybridized carbons (Fsp3) is 0.364. The number of nitrogens with one attached hydrogen (secondary N) is 2. The third kappa shape index (κ3) is 4.27. The summed E-state index contributed by atoms with van der Waals surface area (Å²) in [4.78, 5) is 27.1. The van der Waals surface area contributed by atoms with E-state index in [0.717, 1.165) is 17.7 Å². The summed E-state index contributed by atoms with van der Waals surface area (Å²) in [5.74, 6) is 0.673. The molecule has 0 saturated carbocycles. The molecule has 0 aromatic heterocycles. The van der Waals surface area contributed by atoms with Crippen molar-refractivity contribution in [2.75, 3.05) is 28.7 Å². The van der Waals surface area contributed by atoms with Crippen molar-refractivity contribution in [2.45, 2.75) is 34.1 Å². The number of anilines is 3. The first kappa shape index (κ1) is 19.7. The van der Waals surface area contributed by atoms with Gasteiger partial charge in [0.2, 0.25) is 5.91 Å². The Hall–Kier alpha value is -3.02. The number of rotatable bonds is 4. The molecule has 0 bridgehead atoms. The second-order valence-corrected chi connectivity index (χ2v) is 7.76. The summed E-state index contributed by atoms with van der Waals surface area (Å²) >= 11 is 0. The Morgan fingerprint density at radius 1 is 1.14 bits per heavy atom. The summed E-state index contributed by atoms with van der Waals surface area (Å²) in [7, 11) is 0. The van der Waals surface area contributed by atoms with Crippen LogP contribution in [0.1, 0.15) is 32.8 Å². The van der Waals surface area contributed by atoms with E-state index in [2.05, 4.69) is 10.6 Å². The van der Waals surface area contributed by atoms with Crippen molar-refractivity contribution in [1.82, 2.24) is 0 Å². The number of urea groups is 1. The summed E-state index contributed by atoms with van der Waals surface area (Å²) in [5.41, 5.74) is 2.47. The van der Waals surface area contributed by atoms with Gasteiger partial charge in [-0.1, -0.05) is 19.1 Å². The first-order chi connectivity index (χ1) is 13.3. The van der Waals surface area contributed by atoms with Crippen LogP contribution in [-0.4, -0.2) is 25.1 Å². The van der Waals surface area contributed by atoms with Gasteiger partial charge in [0.1, 0.15) is 12.4 Å². The highest BCUT2D eigenvalue weighted by molar-refractivity contribution is 6.02. The lowest BCUT2D eigenvalue weighted by molar-refractivity contribution is -0.127. The molecule has 0 radical (unpaired) electrons.